The van der Waals surface area contributed by atoms with Gasteiger partial charge in [0.05, 0.1) is 0 Å². The average Bonchev–Trinajstić information content (AvgIpc) is 0.918. The van der Waals surface area contributed by atoms with Gasteiger partial charge in [0, 0.05) is 17.4 Å². The van der Waals surface area contributed by atoms with E-state index in [1.807, 2.05) is 0 Å². The Labute approximate surface area is 37.5 Å². The third-order valence-electron chi connectivity index (χ3n) is 0. The van der Waals surface area contributed by atoms with Crippen LogP contribution in [0.5, 0.6) is 0 Å². The molecule has 0 spiro atoms. The van der Waals surface area contributed by atoms with Crippen LogP contribution in [0, 0.1) is 0 Å². The van der Waals surface area contributed by atoms with E-state index in [2.05, 4.69) is 5.32 Å². The second-order valence-electron chi connectivity index (χ2n) is 0.447. The van der Waals surface area contributed by atoms with Crippen LogP contribution in [0.4, 0.5) is 0 Å². The smallest absolute Gasteiger partial charge is 0 e. The van der Waals surface area contributed by atoms with Crippen LogP contribution in [0.2, 0.25) is 0 Å². The van der Waals surface area contributed by atoms with Crippen LogP contribution in [0.25, 0.3) is 5.32 Å². The summed E-state index contributed by atoms with van der Waals surface area (Å²) >= 11 is 0. The van der Waals surface area contributed by atoms with Crippen LogP contribution in [-0.2, 0) is 17.4 Å². The summed E-state index contributed by atoms with van der Waals surface area (Å²) in [7, 11) is 3.50. The van der Waals surface area contributed by atoms with Gasteiger partial charge in [-0.3, -0.25) is 0 Å². The molecule has 0 aliphatic carbocycles. The molecule has 0 heterocycles. The summed E-state index contributed by atoms with van der Waals surface area (Å²) in [5.41, 5.74) is 0. The predicted octanol–water partition coefficient (Wildman–Crippen LogP) is 0.617. The standard InChI is InChI=1S/C2H6N.Cr/c1-3-2;/h1-2H3;/q-1;. The molecule has 0 aliphatic heterocycles. The van der Waals surface area contributed by atoms with Crippen molar-refractivity contribution in [2.24, 2.45) is 0 Å². The van der Waals surface area contributed by atoms with E-state index in [0.29, 0.717) is 0 Å². The molecule has 0 radical (unpaired) electrons. The fourth-order valence-electron chi connectivity index (χ4n) is 0. The van der Waals surface area contributed by atoms with Crippen LogP contribution in [0.15, 0.2) is 0 Å². The van der Waals surface area contributed by atoms with E-state index in [0.717, 1.165) is 0 Å². The van der Waals surface area contributed by atoms with E-state index in [1.165, 1.54) is 0 Å². The van der Waals surface area contributed by atoms with E-state index in [9.17, 15) is 0 Å². The third-order valence-corrected chi connectivity index (χ3v) is 0. The fraction of sp³-hybridized carbons (Fsp3) is 1.00. The molecule has 0 aromatic heterocycles. The first-order valence-electron chi connectivity index (χ1n) is 0.894. The minimum atomic E-state index is 0. The van der Waals surface area contributed by atoms with Gasteiger partial charge >= 0.3 is 0 Å². The van der Waals surface area contributed by atoms with Crippen LogP contribution in [0.3, 0.4) is 0 Å². The second-order valence-corrected chi connectivity index (χ2v) is 0.447. The van der Waals surface area contributed by atoms with Gasteiger partial charge in [-0.15, -0.1) is 0 Å². The Morgan fingerprint density at radius 3 is 1.25 bits per heavy atom. The number of nitrogens with zero attached hydrogens (tertiary/aromatic N) is 1. The Morgan fingerprint density at radius 2 is 1.25 bits per heavy atom. The molecule has 0 aliphatic rings. The number of rotatable bonds is 0. The molecule has 0 aromatic carbocycles. The molecule has 0 amide bonds. The Kier molecular flexibility index (Phi) is 21.5. The molecule has 0 fully saturated rings. The summed E-state index contributed by atoms with van der Waals surface area (Å²) in [4.78, 5) is 0. The largest absolute Gasteiger partial charge is 0.668 e. The zero-order valence-corrected chi connectivity index (χ0v) is 4.13. The summed E-state index contributed by atoms with van der Waals surface area (Å²) in [6.45, 7) is 0. The molecular weight excluding hydrogens is 90.0 g/mol. The zero-order valence-electron chi connectivity index (χ0n) is 2.86. The molecule has 0 atom stereocenters. The van der Waals surface area contributed by atoms with Crippen LogP contribution < -0.4 is 0 Å². The van der Waals surface area contributed by atoms with E-state index < -0.39 is 0 Å². The van der Waals surface area contributed by atoms with E-state index in [4.69, 9.17) is 0 Å². The van der Waals surface area contributed by atoms with Gasteiger partial charge in [-0.1, -0.05) is 0 Å². The summed E-state index contributed by atoms with van der Waals surface area (Å²) in [6, 6.07) is 0. The van der Waals surface area contributed by atoms with Gasteiger partial charge < -0.3 is 5.32 Å². The van der Waals surface area contributed by atoms with Gasteiger partial charge in [0.25, 0.3) is 0 Å². The topological polar surface area (TPSA) is 14.1 Å². The van der Waals surface area contributed by atoms with Crippen molar-refractivity contribution in [2.45, 2.75) is 0 Å². The van der Waals surface area contributed by atoms with E-state index in [-0.39, 0.29) is 17.4 Å². The fourth-order valence-corrected chi connectivity index (χ4v) is 0. The molecule has 4 heavy (non-hydrogen) atoms. The van der Waals surface area contributed by atoms with Gasteiger partial charge in [-0.05, 0) is 0 Å². The summed E-state index contributed by atoms with van der Waals surface area (Å²) in [6.07, 6.45) is 0. The number of hydrogen-bond acceptors (Lipinski definition) is 0. The minimum absolute atomic E-state index is 0. The molecule has 0 rings (SSSR count). The first kappa shape index (κ1) is 8.82. The molecule has 0 unspecified atom stereocenters. The van der Waals surface area contributed by atoms with Crippen LogP contribution in [0.1, 0.15) is 0 Å². The Bertz CT molecular complexity index is 6.00. The molecule has 0 aromatic rings. The third kappa shape index (κ3) is 22.9. The summed E-state index contributed by atoms with van der Waals surface area (Å²) < 4.78 is 0. The van der Waals surface area contributed by atoms with Crippen molar-refractivity contribution >= 4 is 0 Å². The SMILES string of the molecule is C[N-]C.[Cr]. The molecule has 2 heteroatoms. The zero-order chi connectivity index (χ0) is 2.71. The van der Waals surface area contributed by atoms with Gasteiger partial charge in [-0.2, -0.15) is 14.1 Å². The van der Waals surface area contributed by atoms with Gasteiger partial charge in [0.2, 0.25) is 0 Å². The molecule has 0 N–H and O–H groups in total. The van der Waals surface area contributed by atoms with Crippen molar-refractivity contribution < 1.29 is 17.4 Å². The first-order valence-corrected chi connectivity index (χ1v) is 0.894. The maximum Gasteiger partial charge on any atom is 0 e. The Morgan fingerprint density at radius 1 is 1.25 bits per heavy atom. The van der Waals surface area contributed by atoms with Crippen molar-refractivity contribution in [2.75, 3.05) is 14.1 Å². The maximum atomic E-state index is 3.50. The molecule has 26 valence electrons. The van der Waals surface area contributed by atoms with Gasteiger partial charge in [-0.25, -0.2) is 0 Å². The average molecular weight is 96.1 g/mol. The number of hydrogen-bond donors (Lipinski definition) is 0. The predicted molar refractivity (Wildman–Crippen MR) is 15.2 cm³/mol. The normalized spacial score (nSPS) is 4.50. The second kappa shape index (κ2) is 9.74. The minimum Gasteiger partial charge on any atom is -0.668 e. The molecule has 0 saturated carbocycles. The van der Waals surface area contributed by atoms with E-state index in [1.54, 1.807) is 14.1 Å². The van der Waals surface area contributed by atoms with Crippen LogP contribution >= 0.6 is 0 Å². The molecule has 0 bridgehead atoms. The maximum absolute atomic E-state index is 3.50. The Hall–Kier alpha value is 0.492. The van der Waals surface area contributed by atoms with E-state index >= 15 is 0 Å². The quantitative estimate of drug-likeness (QED) is 0.419. The van der Waals surface area contributed by atoms with Crippen molar-refractivity contribution in [3.8, 4) is 0 Å². The summed E-state index contributed by atoms with van der Waals surface area (Å²) in [5.74, 6) is 0. The molecule has 1 nitrogen and oxygen atoms in total. The molecular formula is C2H6CrN-. The van der Waals surface area contributed by atoms with Crippen molar-refractivity contribution in [1.29, 1.82) is 0 Å². The Balaban J connectivity index is 0. The van der Waals surface area contributed by atoms with Gasteiger partial charge in [0.15, 0.2) is 0 Å². The first-order chi connectivity index (χ1) is 1.41. The van der Waals surface area contributed by atoms with Crippen molar-refractivity contribution in [3.63, 3.8) is 0 Å². The van der Waals surface area contributed by atoms with Crippen molar-refractivity contribution in [3.05, 3.63) is 5.32 Å². The van der Waals surface area contributed by atoms with Crippen LogP contribution in [-0.4, -0.2) is 14.1 Å². The monoisotopic (exact) mass is 96.0 g/mol. The van der Waals surface area contributed by atoms with Crippen molar-refractivity contribution in [1.82, 2.24) is 0 Å². The van der Waals surface area contributed by atoms with Gasteiger partial charge in [0.1, 0.15) is 0 Å². The molecule has 0 saturated heterocycles. The summed E-state index contributed by atoms with van der Waals surface area (Å²) in [5, 5.41) is 3.50.